The van der Waals surface area contributed by atoms with E-state index < -0.39 is 0 Å². The highest BCUT2D eigenvalue weighted by atomic mass is 79.9. The maximum Gasteiger partial charge on any atom is 0.0477 e. The standard InChI is InChI=1S/C13H20BrNO/c1-3-15-12(8-9-16-2)10-11-6-4-5-7-13(11)14/h4-7,12,15H,3,8-10H2,1-2H3. The fourth-order valence-corrected chi connectivity index (χ4v) is 2.20. The molecule has 16 heavy (non-hydrogen) atoms. The molecule has 0 aliphatic rings. The van der Waals surface area contributed by atoms with Crippen LogP contribution in [-0.4, -0.2) is 26.3 Å². The van der Waals surface area contributed by atoms with E-state index in [0.717, 1.165) is 26.0 Å². The van der Waals surface area contributed by atoms with Crippen LogP contribution in [0, 0.1) is 0 Å². The summed E-state index contributed by atoms with van der Waals surface area (Å²) in [4.78, 5) is 0. The zero-order chi connectivity index (χ0) is 11.8. The molecule has 3 heteroatoms. The van der Waals surface area contributed by atoms with E-state index in [0.29, 0.717) is 6.04 Å². The van der Waals surface area contributed by atoms with Crippen LogP contribution in [0.3, 0.4) is 0 Å². The fraction of sp³-hybridized carbons (Fsp3) is 0.538. The van der Waals surface area contributed by atoms with Crippen molar-refractivity contribution in [3.8, 4) is 0 Å². The minimum absolute atomic E-state index is 0.489. The Kier molecular flexibility index (Phi) is 6.69. The fourth-order valence-electron chi connectivity index (χ4n) is 1.75. The second kappa shape index (κ2) is 7.82. The average Bonchev–Trinajstić information content (AvgIpc) is 2.29. The van der Waals surface area contributed by atoms with E-state index in [1.807, 2.05) is 6.07 Å². The van der Waals surface area contributed by atoms with E-state index in [2.05, 4.69) is 46.4 Å². The van der Waals surface area contributed by atoms with Gasteiger partial charge in [-0.1, -0.05) is 41.1 Å². The zero-order valence-electron chi connectivity index (χ0n) is 10.0. The monoisotopic (exact) mass is 285 g/mol. The Morgan fingerprint density at radius 2 is 2.12 bits per heavy atom. The Bertz CT molecular complexity index is 304. The van der Waals surface area contributed by atoms with Crippen molar-refractivity contribution in [2.75, 3.05) is 20.3 Å². The second-order valence-corrected chi connectivity index (χ2v) is 4.69. The SMILES string of the molecule is CCNC(CCOC)Cc1ccccc1Br. The van der Waals surface area contributed by atoms with Crippen molar-refractivity contribution >= 4 is 15.9 Å². The number of methoxy groups -OCH3 is 1. The summed E-state index contributed by atoms with van der Waals surface area (Å²) in [5.74, 6) is 0. The molecule has 0 aliphatic heterocycles. The first kappa shape index (κ1) is 13.7. The summed E-state index contributed by atoms with van der Waals surface area (Å²) in [5.41, 5.74) is 1.35. The summed E-state index contributed by atoms with van der Waals surface area (Å²) < 4.78 is 6.32. The number of ether oxygens (including phenoxy) is 1. The third-order valence-electron chi connectivity index (χ3n) is 2.59. The zero-order valence-corrected chi connectivity index (χ0v) is 11.6. The van der Waals surface area contributed by atoms with Crippen molar-refractivity contribution in [1.29, 1.82) is 0 Å². The van der Waals surface area contributed by atoms with Gasteiger partial charge in [-0.25, -0.2) is 0 Å². The van der Waals surface area contributed by atoms with Crippen LogP contribution in [0.1, 0.15) is 18.9 Å². The van der Waals surface area contributed by atoms with Gasteiger partial charge in [0, 0.05) is 24.2 Å². The molecule has 0 aliphatic carbocycles. The molecule has 0 fully saturated rings. The Labute approximate surface area is 107 Å². The lowest BCUT2D eigenvalue weighted by molar-refractivity contribution is 0.183. The normalized spacial score (nSPS) is 12.7. The summed E-state index contributed by atoms with van der Waals surface area (Å²) in [6.07, 6.45) is 2.09. The molecule has 1 aromatic carbocycles. The first-order chi connectivity index (χ1) is 7.77. The largest absolute Gasteiger partial charge is 0.385 e. The van der Waals surface area contributed by atoms with E-state index in [9.17, 15) is 0 Å². The summed E-state index contributed by atoms with van der Waals surface area (Å²) in [5, 5.41) is 3.49. The van der Waals surface area contributed by atoms with Crippen LogP contribution in [-0.2, 0) is 11.2 Å². The molecular weight excluding hydrogens is 266 g/mol. The molecule has 0 amide bonds. The molecule has 1 N–H and O–H groups in total. The molecule has 0 spiro atoms. The predicted molar refractivity (Wildman–Crippen MR) is 71.8 cm³/mol. The molecule has 1 unspecified atom stereocenters. The Morgan fingerprint density at radius 3 is 2.75 bits per heavy atom. The van der Waals surface area contributed by atoms with Crippen LogP contribution >= 0.6 is 15.9 Å². The summed E-state index contributed by atoms with van der Waals surface area (Å²) >= 11 is 3.59. The van der Waals surface area contributed by atoms with Gasteiger partial charge in [-0.3, -0.25) is 0 Å². The molecule has 0 aromatic heterocycles. The smallest absolute Gasteiger partial charge is 0.0477 e. The number of benzene rings is 1. The van der Waals surface area contributed by atoms with Gasteiger partial charge in [0.1, 0.15) is 0 Å². The molecular formula is C13H20BrNO. The Morgan fingerprint density at radius 1 is 1.38 bits per heavy atom. The quantitative estimate of drug-likeness (QED) is 0.832. The first-order valence-corrected chi connectivity index (χ1v) is 6.53. The van der Waals surface area contributed by atoms with Gasteiger partial charge in [-0.2, -0.15) is 0 Å². The molecule has 2 nitrogen and oxygen atoms in total. The van der Waals surface area contributed by atoms with E-state index in [1.54, 1.807) is 7.11 Å². The summed E-state index contributed by atoms with van der Waals surface area (Å²) in [6.45, 7) is 3.95. The molecule has 1 atom stereocenters. The van der Waals surface area contributed by atoms with Crippen molar-refractivity contribution in [2.24, 2.45) is 0 Å². The van der Waals surface area contributed by atoms with Crippen LogP contribution in [0.4, 0.5) is 0 Å². The van der Waals surface area contributed by atoms with Gasteiger partial charge in [-0.05, 0) is 31.0 Å². The van der Waals surface area contributed by atoms with Crippen molar-refractivity contribution in [1.82, 2.24) is 5.32 Å². The highest BCUT2D eigenvalue weighted by Gasteiger charge is 2.09. The molecule has 1 aromatic rings. The summed E-state index contributed by atoms with van der Waals surface area (Å²) in [6, 6.07) is 8.88. The van der Waals surface area contributed by atoms with E-state index in [-0.39, 0.29) is 0 Å². The van der Waals surface area contributed by atoms with Gasteiger partial charge >= 0.3 is 0 Å². The maximum atomic E-state index is 5.13. The van der Waals surface area contributed by atoms with Gasteiger partial charge < -0.3 is 10.1 Å². The number of rotatable bonds is 7. The third-order valence-corrected chi connectivity index (χ3v) is 3.36. The molecule has 0 bridgehead atoms. The van der Waals surface area contributed by atoms with Crippen molar-refractivity contribution < 1.29 is 4.74 Å². The maximum absolute atomic E-state index is 5.13. The van der Waals surface area contributed by atoms with Crippen molar-refractivity contribution in [3.05, 3.63) is 34.3 Å². The van der Waals surface area contributed by atoms with Gasteiger partial charge in [0.2, 0.25) is 0 Å². The number of hydrogen-bond acceptors (Lipinski definition) is 2. The minimum Gasteiger partial charge on any atom is -0.385 e. The second-order valence-electron chi connectivity index (χ2n) is 3.83. The average molecular weight is 286 g/mol. The lowest BCUT2D eigenvalue weighted by Crippen LogP contribution is -2.32. The first-order valence-electron chi connectivity index (χ1n) is 5.73. The van der Waals surface area contributed by atoms with Crippen LogP contribution in [0.5, 0.6) is 0 Å². The Balaban J connectivity index is 2.56. The van der Waals surface area contributed by atoms with Crippen LogP contribution in [0.25, 0.3) is 0 Å². The van der Waals surface area contributed by atoms with E-state index >= 15 is 0 Å². The lowest BCUT2D eigenvalue weighted by Gasteiger charge is -2.18. The highest BCUT2D eigenvalue weighted by Crippen LogP contribution is 2.18. The molecule has 0 heterocycles. The highest BCUT2D eigenvalue weighted by molar-refractivity contribution is 9.10. The third kappa shape index (κ3) is 4.64. The molecule has 0 radical (unpaired) electrons. The predicted octanol–water partition coefficient (Wildman–Crippen LogP) is 3.01. The summed E-state index contributed by atoms with van der Waals surface area (Å²) in [7, 11) is 1.75. The van der Waals surface area contributed by atoms with Gasteiger partial charge in [0.15, 0.2) is 0 Å². The van der Waals surface area contributed by atoms with Gasteiger partial charge in [-0.15, -0.1) is 0 Å². The number of hydrogen-bond donors (Lipinski definition) is 1. The van der Waals surface area contributed by atoms with Gasteiger partial charge in [0.05, 0.1) is 0 Å². The molecule has 0 saturated heterocycles. The van der Waals surface area contributed by atoms with Gasteiger partial charge in [0.25, 0.3) is 0 Å². The topological polar surface area (TPSA) is 21.3 Å². The van der Waals surface area contributed by atoms with E-state index in [4.69, 9.17) is 4.74 Å². The van der Waals surface area contributed by atoms with Crippen molar-refractivity contribution in [2.45, 2.75) is 25.8 Å². The van der Waals surface area contributed by atoms with E-state index in [1.165, 1.54) is 10.0 Å². The van der Waals surface area contributed by atoms with Crippen LogP contribution < -0.4 is 5.32 Å². The van der Waals surface area contributed by atoms with Crippen LogP contribution in [0.15, 0.2) is 28.7 Å². The number of likely N-dealkylation sites (N-methyl/N-ethyl adjacent to an activating group) is 1. The lowest BCUT2D eigenvalue weighted by atomic mass is 10.0. The number of nitrogens with one attached hydrogen (secondary N) is 1. The molecule has 0 saturated carbocycles. The van der Waals surface area contributed by atoms with Crippen LogP contribution in [0.2, 0.25) is 0 Å². The Hall–Kier alpha value is -0.380. The minimum atomic E-state index is 0.489. The number of halogens is 1. The molecule has 1 rings (SSSR count). The molecule has 90 valence electrons. The van der Waals surface area contributed by atoms with Crippen molar-refractivity contribution in [3.63, 3.8) is 0 Å².